The van der Waals surface area contributed by atoms with Crippen molar-refractivity contribution in [2.24, 2.45) is 0 Å². The molecular formula is C10H12F4O4. The van der Waals surface area contributed by atoms with Gasteiger partial charge in [0.15, 0.2) is 6.61 Å². The third-order valence-corrected chi connectivity index (χ3v) is 2.16. The van der Waals surface area contributed by atoms with Crippen LogP contribution in [0.15, 0.2) is 11.9 Å². The maximum absolute atomic E-state index is 13.1. The zero-order valence-electron chi connectivity index (χ0n) is 9.55. The average molecular weight is 272 g/mol. The Labute approximate surface area is 100 Å². The molecule has 0 radical (unpaired) electrons. The van der Waals surface area contributed by atoms with Crippen LogP contribution in [0.4, 0.5) is 22.4 Å². The number of hydrogen-bond acceptors (Lipinski definition) is 4. The molecule has 1 aliphatic rings. The summed E-state index contributed by atoms with van der Waals surface area (Å²) in [5, 5.41) is 0. The fourth-order valence-electron chi connectivity index (χ4n) is 1.19. The second-order valence-electron chi connectivity index (χ2n) is 3.62. The van der Waals surface area contributed by atoms with Gasteiger partial charge in [0.25, 0.3) is 0 Å². The first-order chi connectivity index (χ1) is 8.31. The van der Waals surface area contributed by atoms with Gasteiger partial charge in [0.2, 0.25) is 0 Å². The molecule has 0 aromatic rings. The molecule has 18 heavy (non-hydrogen) atoms. The van der Waals surface area contributed by atoms with Crippen molar-refractivity contribution < 1.29 is 36.6 Å². The van der Waals surface area contributed by atoms with Crippen LogP contribution in [0.2, 0.25) is 0 Å². The lowest BCUT2D eigenvalue weighted by atomic mass is 10.3. The summed E-state index contributed by atoms with van der Waals surface area (Å²) in [6.07, 6.45) is -4.35. The van der Waals surface area contributed by atoms with E-state index in [4.69, 9.17) is 0 Å². The van der Waals surface area contributed by atoms with Crippen LogP contribution in [-0.4, -0.2) is 31.3 Å². The van der Waals surface area contributed by atoms with Crippen molar-refractivity contribution in [1.29, 1.82) is 0 Å². The van der Waals surface area contributed by atoms with E-state index < -0.39 is 37.2 Å². The number of alkyl halides is 3. The molecule has 1 unspecified atom stereocenters. The van der Waals surface area contributed by atoms with Gasteiger partial charge < -0.3 is 14.2 Å². The summed E-state index contributed by atoms with van der Waals surface area (Å²) in [6.45, 7) is -0.291. The minimum absolute atomic E-state index is 0.379. The number of carbonyl (C=O) groups is 1. The first-order valence-electron chi connectivity index (χ1n) is 5.22. The molecule has 1 aliphatic heterocycles. The number of allylic oxidation sites excluding steroid dienone is 1. The molecule has 4 nitrogen and oxygen atoms in total. The van der Waals surface area contributed by atoms with Gasteiger partial charge >= 0.3 is 18.1 Å². The lowest BCUT2D eigenvalue weighted by Gasteiger charge is -2.26. The second kappa shape index (κ2) is 5.55. The Kier molecular flexibility index (Phi) is 4.55. The summed E-state index contributed by atoms with van der Waals surface area (Å²) >= 11 is 0. The summed E-state index contributed by atoms with van der Waals surface area (Å²) in [4.78, 5) is 10.6. The SMILES string of the molecule is CCC/C=C(/F)COC1(C(F)(F)F)COC(=O)O1. The Bertz CT molecular complexity index is 339. The summed E-state index contributed by atoms with van der Waals surface area (Å²) in [5.41, 5.74) is 0. The van der Waals surface area contributed by atoms with Crippen molar-refractivity contribution >= 4 is 6.16 Å². The lowest BCUT2D eigenvalue weighted by molar-refractivity contribution is -0.347. The molecule has 1 saturated heterocycles. The molecule has 1 heterocycles. The highest BCUT2D eigenvalue weighted by Gasteiger charge is 2.65. The number of carbonyl (C=O) groups excluding carboxylic acids is 1. The molecule has 0 aromatic carbocycles. The maximum Gasteiger partial charge on any atom is 0.511 e. The van der Waals surface area contributed by atoms with E-state index in [0.717, 1.165) is 6.08 Å². The molecule has 1 rings (SSSR count). The molecule has 0 N–H and O–H groups in total. The van der Waals surface area contributed by atoms with Gasteiger partial charge in [-0.2, -0.15) is 13.2 Å². The normalized spacial score (nSPS) is 24.9. The summed E-state index contributed by atoms with van der Waals surface area (Å²) < 4.78 is 63.5. The maximum atomic E-state index is 13.1. The number of rotatable bonds is 5. The molecular weight excluding hydrogens is 260 g/mol. The van der Waals surface area contributed by atoms with Crippen LogP contribution < -0.4 is 0 Å². The number of cyclic esters (lactones) is 2. The predicted molar refractivity (Wildman–Crippen MR) is 51.3 cm³/mol. The van der Waals surface area contributed by atoms with Crippen molar-refractivity contribution in [2.75, 3.05) is 13.2 Å². The van der Waals surface area contributed by atoms with Crippen molar-refractivity contribution in [3.63, 3.8) is 0 Å². The fraction of sp³-hybridized carbons (Fsp3) is 0.700. The van der Waals surface area contributed by atoms with E-state index in [-0.39, 0.29) is 0 Å². The number of ether oxygens (including phenoxy) is 3. The first kappa shape index (κ1) is 14.7. The molecule has 0 bridgehead atoms. The molecule has 0 amide bonds. The topological polar surface area (TPSA) is 44.8 Å². The van der Waals surface area contributed by atoms with E-state index in [1.807, 2.05) is 0 Å². The molecule has 104 valence electrons. The van der Waals surface area contributed by atoms with Crippen molar-refractivity contribution in [1.82, 2.24) is 0 Å². The van der Waals surface area contributed by atoms with E-state index in [1.165, 1.54) is 0 Å². The molecule has 0 aliphatic carbocycles. The highest BCUT2D eigenvalue weighted by molar-refractivity contribution is 5.62. The van der Waals surface area contributed by atoms with Gasteiger partial charge in [-0.05, 0) is 6.42 Å². The van der Waals surface area contributed by atoms with Gasteiger partial charge in [0, 0.05) is 0 Å². The van der Waals surface area contributed by atoms with E-state index in [1.54, 1.807) is 6.92 Å². The van der Waals surface area contributed by atoms with Gasteiger partial charge in [-0.15, -0.1) is 0 Å². The Hall–Kier alpha value is -1.31. The summed E-state index contributed by atoms with van der Waals surface area (Å²) in [7, 11) is 0. The third kappa shape index (κ3) is 3.34. The van der Waals surface area contributed by atoms with Crippen LogP contribution in [0.25, 0.3) is 0 Å². The van der Waals surface area contributed by atoms with E-state index >= 15 is 0 Å². The Balaban J connectivity index is 2.67. The number of unbranched alkanes of at least 4 members (excludes halogenated alkanes) is 1. The molecule has 0 spiro atoms. The molecule has 0 aromatic heterocycles. The van der Waals surface area contributed by atoms with Gasteiger partial charge in [-0.25, -0.2) is 9.18 Å². The van der Waals surface area contributed by atoms with E-state index in [0.29, 0.717) is 12.8 Å². The zero-order valence-corrected chi connectivity index (χ0v) is 9.55. The van der Waals surface area contributed by atoms with E-state index in [2.05, 4.69) is 14.2 Å². The molecule has 8 heteroatoms. The lowest BCUT2D eigenvalue weighted by Crippen LogP contribution is -2.50. The number of halogens is 4. The Morgan fingerprint density at radius 1 is 1.56 bits per heavy atom. The minimum Gasteiger partial charge on any atom is -0.427 e. The van der Waals surface area contributed by atoms with E-state index in [9.17, 15) is 22.4 Å². The van der Waals surface area contributed by atoms with Crippen molar-refractivity contribution in [3.8, 4) is 0 Å². The number of hydrogen-bond donors (Lipinski definition) is 0. The van der Waals surface area contributed by atoms with Gasteiger partial charge in [0.1, 0.15) is 12.4 Å². The highest BCUT2D eigenvalue weighted by Crippen LogP contribution is 2.39. The van der Waals surface area contributed by atoms with Crippen LogP contribution >= 0.6 is 0 Å². The first-order valence-corrected chi connectivity index (χ1v) is 5.22. The smallest absolute Gasteiger partial charge is 0.427 e. The quantitative estimate of drug-likeness (QED) is 0.570. The minimum atomic E-state index is -5.00. The predicted octanol–water partition coefficient (Wildman–Crippen LogP) is 3.08. The van der Waals surface area contributed by atoms with Crippen LogP contribution in [-0.2, 0) is 14.2 Å². The Morgan fingerprint density at radius 3 is 2.67 bits per heavy atom. The van der Waals surface area contributed by atoms with Crippen LogP contribution in [0.3, 0.4) is 0 Å². The third-order valence-electron chi connectivity index (χ3n) is 2.16. The Morgan fingerprint density at radius 2 is 2.22 bits per heavy atom. The fourth-order valence-corrected chi connectivity index (χ4v) is 1.19. The average Bonchev–Trinajstić information content (AvgIpc) is 2.66. The summed E-state index contributed by atoms with van der Waals surface area (Å²) in [5.74, 6) is -4.08. The van der Waals surface area contributed by atoms with Crippen LogP contribution in [0.5, 0.6) is 0 Å². The second-order valence-corrected chi connectivity index (χ2v) is 3.62. The molecule has 0 saturated carbocycles. The summed E-state index contributed by atoms with van der Waals surface area (Å²) in [6, 6.07) is 0. The molecule has 1 atom stereocenters. The van der Waals surface area contributed by atoms with Crippen LogP contribution in [0, 0.1) is 0 Å². The molecule has 1 fully saturated rings. The standard InChI is InChI=1S/C10H12F4O4/c1-2-3-4-7(11)5-17-9(10(12,13)14)6-16-8(15)18-9/h4H,2-3,5-6H2,1H3/b7-4+. The zero-order chi connectivity index (χ0) is 13.8. The van der Waals surface area contributed by atoms with Crippen molar-refractivity contribution in [2.45, 2.75) is 31.7 Å². The van der Waals surface area contributed by atoms with Gasteiger partial charge in [-0.1, -0.05) is 19.4 Å². The highest BCUT2D eigenvalue weighted by atomic mass is 19.4. The van der Waals surface area contributed by atoms with Crippen molar-refractivity contribution in [3.05, 3.63) is 11.9 Å². The largest absolute Gasteiger partial charge is 0.511 e. The van der Waals surface area contributed by atoms with Gasteiger partial charge in [0.05, 0.1) is 0 Å². The monoisotopic (exact) mass is 272 g/mol. The van der Waals surface area contributed by atoms with Gasteiger partial charge in [-0.3, -0.25) is 0 Å². The van der Waals surface area contributed by atoms with Crippen LogP contribution in [0.1, 0.15) is 19.8 Å².